The van der Waals surface area contributed by atoms with Gasteiger partial charge in [-0.3, -0.25) is 0 Å². The minimum Gasteiger partial charge on any atom is -0.356 e. The molecule has 1 heterocycles. The summed E-state index contributed by atoms with van der Waals surface area (Å²) in [6, 6.07) is 11.8. The maximum absolute atomic E-state index is 11.5. The van der Waals surface area contributed by atoms with Crippen LogP contribution < -0.4 is 10.6 Å². The van der Waals surface area contributed by atoms with E-state index >= 15 is 0 Å². The highest BCUT2D eigenvalue weighted by Crippen LogP contribution is 2.20. The van der Waals surface area contributed by atoms with Gasteiger partial charge in [0.05, 0.1) is 6.54 Å². The minimum atomic E-state index is -0.147. The summed E-state index contributed by atoms with van der Waals surface area (Å²) in [7, 11) is 0. The maximum Gasteiger partial charge on any atom is 0.315 e. The van der Waals surface area contributed by atoms with Crippen LogP contribution in [0.5, 0.6) is 0 Å². The van der Waals surface area contributed by atoms with Crippen LogP contribution in [0.2, 0.25) is 0 Å². The van der Waals surface area contributed by atoms with Crippen molar-refractivity contribution in [2.75, 3.05) is 0 Å². The van der Waals surface area contributed by atoms with Crippen LogP contribution >= 0.6 is 0 Å². The predicted octanol–water partition coefficient (Wildman–Crippen LogP) is 2.30. The second kappa shape index (κ2) is 5.14. The standard InChI is InChI=1S/C14H15N3O2/c18-14(16-11-6-7-11)15-9-12-8-13(19-17-12)10-4-2-1-3-5-10/h1-5,8,11H,6-7,9H2,(H2,15,16,18). The molecule has 1 aliphatic carbocycles. The average molecular weight is 257 g/mol. The summed E-state index contributed by atoms with van der Waals surface area (Å²) < 4.78 is 5.25. The first-order chi connectivity index (χ1) is 9.31. The lowest BCUT2D eigenvalue weighted by atomic mass is 10.2. The number of urea groups is 1. The van der Waals surface area contributed by atoms with Crippen LogP contribution in [0.1, 0.15) is 18.5 Å². The molecule has 0 radical (unpaired) electrons. The Morgan fingerprint density at radius 2 is 2.11 bits per heavy atom. The molecule has 0 atom stereocenters. The number of nitrogens with one attached hydrogen (secondary N) is 2. The summed E-state index contributed by atoms with van der Waals surface area (Å²) >= 11 is 0. The molecule has 2 amide bonds. The van der Waals surface area contributed by atoms with Crippen LogP contribution in [-0.4, -0.2) is 17.2 Å². The van der Waals surface area contributed by atoms with Crippen LogP contribution in [0.15, 0.2) is 40.9 Å². The van der Waals surface area contributed by atoms with Crippen molar-refractivity contribution in [3.63, 3.8) is 0 Å². The Balaban J connectivity index is 1.57. The first-order valence-corrected chi connectivity index (χ1v) is 6.36. The van der Waals surface area contributed by atoms with Gasteiger partial charge in [-0.05, 0) is 12.8 Å². The topological polar surface area (TPSA) is 67.2 Å². The normalized spacial score (nSPS) is 14.1. The molecule has 2 N–H and O–H groups in total. The lowest BCUT2D eigenvalue weighted by Crippen LogP contribution is -2.36. The zero-order chi connectivity index (χ0) is 13.1. The zero-order valence-corrected chi connectivity index (χ0v) is 10.4. The molecule has 0 unspecified atom stereocenters. The molecule has 0 saturated heterocycles. The molecule has 98 valence electrons. The molecule has 1 aromatic carbocycles. The summed E-state index contributed by atoms with van der Waals surface area (Å²) in [5, 5.41) is 9.56. The van der Waals surface area contributed by atoms with Gasteiger partial charge >= 0.3 is 6.03 Å². The summed E-state index contributed by atoms with van der Waals surface area (Å²) in [6.07, 6.45) is 2.16. The number of hydrogen-bond donors (Lipinski definition) is 2. The number of carbonyl (C=O) groups excluding carboxylic acids is 1. The predicted molar refractivity (Wildman–Crippen MR) is 70.3 cm³/mol. The van der Waals surface area contributed by atoms with Crippen molar-refractivity contribution in [3.05, 3.63) is 42.1 Å². The van der Waals surface area contributed by atoms with E-state index in [4.69, 9.17) is 4.52 Å². The smallest absolute Gasteiger partial charge is 0.315 e. The first kappa shape index (κ1) is 11.8. The molecular formula is C14H15N3O2. The highest BCUT2D eigenvalue weighted by Gasteiger charge is 2.23. The number of amides is 2. The third kappa shape index (κ3) is 3.13. The van der Waals surface area contributed by atoms with Crippen molar-refractivity contribution in [2.45, 2.75) is 25.4 Å². The number of rotatable bonds is 4. The van der Waals surface area contributed by atoms with Gasteiger partial charge in [-0.1, -0.05) is 35.5 Å². The lowest BCUT2D eigenvalue weighted by Gasteiger charge is -2.03. The van der Waals surface area contributed by atoms with Gasteiger partial charge in [0.1, 0.15) is 5.69 Å². The first-order valence-electron chi connectivity index (χ1n) is 6.36. The molecule has 5 heteroatoms. The monoisotopic (exact) mass is 257 g/mol. The van der Waals surface area contributed by atoms with E-state index in [1.165, 1.54) is 0 Å². The van der Waals surface area contributed by atoms with E-state index < -0.39 is 0 Å². The molecule has 3 rings (SSSR count). The molecule has 1 aromatic heterocycles. The van der Waals surface area contributed by atoms with E-state index in [0.29, 0.717) is 24.0 Å². The van der Waals surface area contributed by atoms with E-state index in [1.807, 2.05) is 36.4 Å². The maximum atomic E-state index is 11.5. The van der Waals surface area contributed by atoms with E-state index in [2.05, 4.69) is 15.8 Å². The van der Waals surface area contributed by atoms with Crippen molar-refractivity contribution >= 4 is 6.03 Å². The van der Waals surface area contributed by atoms with Gasteiger partial charge in [0.25, 0.3) is 0 Å². The fourth-order valence-corrected chi connectivity index (χ4v) is 1.77. The molecule has 0 bridgehead atoms. The van der Waals surface area contributed by atoms with E-state index in [-0.39, 0.29) is 6.03 Å². The highest BCUT2D eigenvalue weighted by atomic mass is 16.5. The molecular weight excluding hydrogens is 242 g/mol. The Hall–Kier alpha value is -2.30. The summed E-state index contributed by atoms with van der Waals surface area (Å²) in [4.78, 5) is 11.5. The Kier molecular flexibility index (Phi) is 3.18. The number of hydrogen-bond acceptors (Lipinski definition) is 3. The fourth-order valence-electron chi connectivity index (χ4n) is 1.77. The molecule has 19 heavy (non-hydrogen) atoms. The second-order valence-corrected chi connectivity index (χ2v) is 4.65. The van der Waals surface area contributed by atoms with Crippen molar-refractivity contribution in [3.8, 4) is 11.3 Å². The number of nitrogens with zero attached hydrogens (tertiary/aromatic N) is 1. The molecule has 0 aliphatic heterocycles. The number of aromatic nitrogens is 1. The van der Waals surface area contributed by atoms with Crippen LogP contribution in [0.3, 0.4) is 0 Å². The average Bonchev–Trinajstić information content (AvgIpc) is 3.12. The number of benzene rings is 1. The zero-order valence-electron chi connectivity index (χ0n) is 10.4. The minimum absolute atomic E-state index is 0.147. The summed E-state index contributed by atoms with van der Waals surface area (Å²) in [5.41, 5.74) is 1.69. The van der Waals surface area contributed by atoms with Gasteiger partial charge in [-0.2, -0.15) is 0 Å². The molecule has 0 spiro atoms. The lowest BCUT2D eigenvalue weighted by molar-refractivity contribution is 0.240. The molecule has 2 aromatic rings. The van der Waals surface area contributed by atoms with Crippen LogP contribution in [0.4, 0.5) is 4.79 Å². The largest absolute Gasteiger partial charge is 0.356 e. The van der Waals surface area contributed by atoms with Crippen LogP contribution in [0.25, 0.3) is 11.3 Å². The molecule has 1 fully saturated rings. The fraction of sp³-hybridized carbons (Fsp3) is 0.286. The SMILES string of the molecule is O=C(NCc1cc(-c2ccccc2)on1)NC1CC1. The third-order valence-electron chi connectivity index (χ3n) is 2.96. The third-order valence-corrected chi connectivity index (χ3v) is 2.96. The Morgan fingerprint density at radius 1 is 1.32 bits per heavy atom. The van der Waals surface area contributed by atoms with Gasteiger partial charge in [0.15, 0.2) is 5.76 Å². The summed E-state index contributed by atoms with van der Waals surface area (Å²) in [5.74, 6) is 0.708. The van der Waals surface area contributed by atoms with Gasteiger partial charge in [0, 0.05) is 17.7 Å². The van der Waals surface area contributed by atoms with Gasteiger partial charge < -0.3 is 15.2 Å². The second-order valence-electron chi connectivity index (χ2n) is 4.65. The van der Waals surface area contributed by atoms with Crippen molar-refractivity contribution in [2.24, 2.45) is 0 Å². The van der Waals surface area contributed by atoms with E-state index in [1.54, 1.807) is 0 Å². The van der Waals surface area contributed by atoms with Crippen molar-refractivity contribution < 1.29 is 9.32 Å². The van der Waals surface area contributed by atoms with Crippen LogP contribution in [-0.2, 0) is 6.54 Å². The van der Waals surface area contributed by atoms with Crippen molar-refractivity contribution in [1.82, 2.24) is 15.8 Å². The van der Waals surface area contributed by atoms with Crippen molar-refractivity contribution in [1.29, 1.82) is 0 Å². The van der Waals surface area contributed by atoms with Gasteiger partial charge in [0.2, 0.25) is 0 Å². The molecule has 1 aliphatic rings. The van der Waals surface area contributed by atoms with E-state index in [9.17, 15) is 4.79 Å². The molecule has 1 saturated carbocycles. The Bertz CT molecular complexity index is 561. The highest BCUT2D eigenvalue weighted by molar-refractivity contribution is 5.74. The van der Waals surface area contributed by atoms with E-state index in [0.717, 1.165) is 18.4 Å². The summed E-state index contributed by atoms with van der Waals surface area (Å²) in [6.45, 7) is 0.370. The van der Waals surface area contributed by atoms with Crippen LogP contribution in [0, 0.1) is 0 Å². The Labute approximate surface area is 111 Å². The van der Waals surface area contributed by atoms with Gasteiger partial charge in [-0.25, -0.2) is 4.79 Å². The number of carbonyl (C=O) groups is 1. The Morgan fingerprint density at radius 3 is 2.84 bits per heavy atom. The van der Waals surface area contributed by atoms with Gasteiger partial charge in [-0.15, -0.1) is 0 Å². The quantitative estimate of drug-likeness (QED) is 0.883. The molecule has 5 nitrogen and oxygen atoms in total.